The highest BCUT2D eigenvalue weighted by molar-refractivity contribution is 6.01. The number of amides is 2. The van der Waals surface area contributed by atoms with E-state index in [4.69, 9.17) is 0 Å². The molecule has 4 rings (SSSR count). The van der Waals surface area contributed by atoms with Gasteiger partial charge in [0, 0.05) is 38.1 Å². The molecule has 12 heteroatoms. The first-order valence-electron chi connectivity index (χ1n) is 10.4. The molecule has 2 aromatic heterocycles. The van der Waals surface area contributed by atoms with Gasteiger partial charge in [0.2, 0.25) is 5.95 Å². The van der Waals surface area contributed by atoms with Crippen LogP contribution in [0.3, 0.4) is 0 Å². The molecule has 0 radical (unpaired) electrons. The number of alkyl halides is 3. The number of nitrogens with one attached hydrogen (secondary N) is 1. The van der Waals surface area contributed by atoms with Crippen LogP contribution in [0.15, 0.2) is 48.7 Å². The number of piperazine rings is 1. The second-order valence-corrected chi connectivity index (χ2v) is 7.58. The maximum atomic E-state index is 13.3. The number of carbonyl (C=O) groups is 2. The van der Waals surface area contributed by atoms with Crippen LogP contribution >= 0.6 is 0 Å². The zero-order valence-corrected chi connectivity index (χ0v) is 18.1. The van der Waals surface area contributed by atoms with Crippen molar-refractivity contribution < 1.29 is 22.8 Å². The van der Waals surface area contributed by atoms with Gasteiger partial charge in [0.25, 0.3) is 11.8 Å². The van der Waals surface area contributed by atoms with Gasteiger partial charge in [-0.25, -0.2) is 9.97 Å². The van der Waals surface area contributed by atoms with Crippen LogP contribution < -0.4 is 10.2 Å². The van der Waals surface area contributed by atoms with Gasteiger partial charge in [-0.1, -0.05) is 12.1 Å². The van der Waals surface area contributed by atoms with Gasteiger partial charge >= 0.3 is 6.18 Å². The summed E-state index contributed by atoms with van der Waals surface area (Å²) in [5.74, 6) is -0.526. The lowest BCUT2D eigenvalue weighted by Crippen LogP contribution is -2.49. The molecule has 9 nitrogen and oxygen atoms in total. The molecular weight excluding hydrogens is 451 g/mol. The lowest BCUT2D eigenvalue weighted by Gasteiger charge is -2.35. The van der Waals surface area contributed by atoms with Gasteiger partial charge in [-0.15, -0.1) is 10.2 Å². The third kappa shape index (κ3) is 5.11. The van der Waals surface area contributed by atoms with Gasteiger partial charge in [-0.2, -0.15) is 13.2 Å². The van der Waals surface area contributed by atoms with Gasteiger partial charge in [0.15, 0.2) is 11.5 Å². The summed E-state index contributed by atoms with van der Waals surface area (Å²) in [4.78, 5) is 36.4. The fourth-order valence-corrected chi connectivity index (χ4v) is 3.52. The Hall–Kier alpha value is -4.09. The van der Waals surface area contributed by atoms with Crippen LogP contribution in [0.1, 0.15) is 32.1 Å². The van der Waals surface area contributed by atoms with Crippen molar-refractivity contribution in [3.05, 3.63) is 71.2 Å². The highest BCUT2D eigenvalue weighted by Crippen LogP contribution is 2.32. The van der Waals surface area contributed by atoms with E-state index in [2.05, 4.69) is 25.5 Å². The number of rotatable bonds is 4. The highest BCUT2D eigenvalue weighted by Gasteiger charge is 2.36. The van der Waals surface area contributed by atoms with Crippen molar-refractivity contribution in [1.29, 1.82) is 0 Å². The summed E-state index contributed by atoms with van der Waals surface area (Å²) in [5, 5.41) is 10.6. The minimum absolute atomic E-state index is 0.0754. The number of aryl methyl sites for hydroxylation is 1. The van der Waals surface area contributed by atoms with E-state index in [1.54, 1.807) is 19.1 Å². The van der Waals surface area contributed by atoms with E-state index < -0.39 is 23.6 Å². The van der Waals surface area contributed by atoms with E-state index in [1.165, 1.54) is 35.4 Å². The summed E-state index contributed by atoms with van der Waals surface area (Å²) in [6.07, 6.45) is -3.08. The Kier molecular flexibility index (Phi) is 6.39. The van der Waals surface area contributed by atoms with Crippen LogP contribution in [-0.4, -0.2) is 63.1 Å². The van der Waals surface area contributed by atoms with Crippen molar-refractivity contribution in [1.82, 2.24) is 25.1 Å². The first-order chi connectivity index (χ1) is 16.2. The molecule has 1 N–H and O–H groups in total. The van der Waals surface area contributed by atoms with Crippen LogP contribution in [0, 0.1) is 6.92 Å². The smallest absolute Gasteiger partial charge is 0.352 e. The number of aromatic nitrogens is 4. The molecule has 34 heavy (non-hydrogen) atoms. The number of hydrogen-bond donors (Lipinski definition) is 1. The predicted octanol–water partition coefficient (Wildman–Crippen LogP) is 2.81. The SMILES string of the molecule is Cc1ccnc(NC(=O)c2ccc(N3CCN(C(=O)c4ccccc4C(F)(F)F)CC3)nn2)n1. The zero-order chi connectivity index (χ0) is 24.3. The largest absolute Gasteiger partial charge is 0.417 e. The van der Waals surface area contributed by atoms with E-state index in [9.17, 15) is 22.8 Å². The van der Waals surface area contributed by atoms with Gasteiger partial charge in [-0.3, -0.25) is 14.9 Å². The zero-order valence-electron chi connectivity index (χ0n) is 18.1. The minimum atomic E-state index is -4.61. The normalized spacial score (nSPS) is 14.1. The van der Waals surface area contributed by atoms with Crippen LogP contribution in [0.25, 0.3) is 0 Å². The molecule has 3 aromatic rings. The van der Waals surface area contributed by atoms with Crippen molar-refractivity contribution in [3.8, 4) is 0 Å². The molecule has 0 bridgehead atoms. The Morgan fingerprint density at radius 3 is 2.35 bits per heavy atom. The number of halogens is 3. The van der Waals surface area contributed by atoms with E-state index in [0.29, 0.717) is 24.6 Å². The topological polar surface area (TPSA) is 104 Å². The van der Waals surface area contributed by atoms with E-state index in [0.717, 1.165) is 6.07 Å². The molecule has 2 amide bonds. The van der Waals surface area contributed by atoms with Gasteiger partial charge in [-0.05, 0) is 37.3 Å². The molecule has 1 aliphatic rings. The molecule has 1 fully saturated rings. The van der Waals surface area contributed by atoms with E-state index in [-0.39, 0.29) is 30.3 Å². The number of hydrogen-bond acceptors (Lipinski definition) is 7. The fraction of sp³-hybridized carbons (Fsp3) is 0.273. The van der Waals surface area contributed by atoms with Gasteiger partial charge < -0.3 is 9.80 Å². The summed E-state index contributed by atoms with van der Waals surface area (Å²) in [6.45, 7) is 2.93. The average Bonchev–Trinajstić information content (AvgIpc) is 2.83. The summed E-state index contributed by atoms with van der Waals surface area (Å²) >= 11 is 0. The summed E-state index contributed by atoms with van der Waals surface area (Å²) in [5.41, 5.74) is -0.535. The standard InChI is InChI=1S/C22H20F3N7O2/c1-14-8-9-26-21(27-14)28-19(33)17-6-7-18(30-29-17)31-10-12-32(13-11-31)20(34)15-4-2-3-5-16(15)22(23,24)25/h2-9H,10-13H2,1H3,(H,26,27,28,33). The quantitative estimate of drug-likeness (QED) is 0.624. The average molecular weight is 471 g/mol. The second-order valence-electron chi connectivity index (χ2n) is 7.58. The molecule has 0 aliphatic carbocycles. The Morgan fingerprint density at radius 2 is 1.71 bits per heavy atom. The summed E-state index contributed by atoms with van der Waals surface area (Å²) < 4.78 is 39.8. The molecule has 1 saturated heterocycles. The third-order valence-electron chi connectivity index (χ3n) is 5.26. The van der Waals surface area contributed by atoms with Crippen LogP contribution in [0.5, 0.6) is 0 Å². The second kappa shape index (κ2) is 9.41. The Balaban J connectivity index is 1.37. The molecule has 1 aromatic carbocycles. The molecule has 0 atom stereocenters. The van der Waals surface area contributed by atoms with Crippen LogP contribution in [-0.2, 0) is 6.18 Å². The van der Waals surface area contributed by atoms with Crippen LogP contribution in [0.4, 0.5) is 24.9 Å². The van der Waals surface area contributed by atoms with Gasteiger partial charge in [0.05, 0.1) is 11.1 Å². The molecule has 1 aliphatic heterocycles. The number of benzene rings is 1. The molecular formula is C22H20F3N7O2. The monoisotopic (exact) mass is 471 g/mol. The van der Waals surface area contributed by atoms with Crippen molar-refractivity contribution in [2.45, 2.75) is 13.1 Å². The van der Waals surface area contributed by atoms with Crippen molar-refractivity contribution in [3.63, 3.8) is 0 Å². The number of anilines is 2. The third-order valence-corrected chi connectivity index (χ3v) is 5.26. The van der Waals surface area contributed by atoms with Gasteiger partial charge in [0.1, 0.15) is 0 Å². The molecule has 3 heterocycles. The van der Waals surface area contributed by atoms with Crippen LogP contribution in [0.2, 0.25) is 0 Å². The minimum Gasteiger partial charge on any atom is -0.352 e. The van der Waals surface area contributed by atoms with Crippen molar-refractivity contribution in [2.75, 3.05) is 36.4 Å². The summed E-state index contributed by atoms with van der Waals surface area (Å²) in [7, 11) is 0. The Labute approximate surface area is 192 Å². The lowest BCUT2D eigenvalue weighted by molar-refractivity contribution is -0.138. The molecule has 176 valence electrons. The van der Waals surface area contributed by atoms with E-state index in [1.807, 2.05) is 4.90 Å². The molecule has 0 spiro atoms. The predicted molar refractivity (Wildman–Crippen MR) is 116 cm³/mol. The maximum Gasteiger partial charge on any atom is 0.417 e. The summed E-state index contributed by atoms with van der Waals surface area (Å²) in [6, 6.07) is 9.59. The maximum absolute atomic E-state index is 13.3. The first kappa shape index (κ1) is 23.1. The number of nitrogens with zero attached hydrogens (tertiary/aromatic N) is 6. The van der Waals surface area contributed by atoms with Crippen molar-refractivity contribution >= 4 is 23.6 Å². The molecule has 0 unspecified atom stereocenters. The highest BCUT2D eigenvalue weighted by atomic mass is 19.4. The molecule has 0 saturated carbocycles. The Morgan fingerprint density at radius 1 is 0.971 bits per heavy atom. The fourth-order valence-electron chi connectivity index (χ4n) is 3.52. The first-order valence-corrected chi connectivity index (χ1v) is 10.4. The number of carbonyl (C=O) groups excluding carboxylic acids is 2. The van der Waals surface area contributed by atoms with E-state index >= 15 is 0 Å². The Bertz CT molecular complexity index is 1190. The lowest BCUT2D eigenvalue weighted by atomic mass is 10.1. The van der Waals surface area contributed by atoms with Crippen molar-refractivity contribution in [2.24, 2.45) is 0 Å².